The third kappa shape index (κ3) is 2.24. The summed E-state index contributed by atoms with van der Waals surface area (Å²) in [7, 11) is 0. The van der Waals surface area contributed by atoms with Gasteiger partial charge in [0.05, 0.1) is 4.92 Å². The van der Waals surface area contributed by atoms with E-state index >= 15 is 0 Å². The first-order valence-electron chi connectivity index (χ1n) is 4.56. The number of phenolic OH excluding ortho intramolecular Hbond substituents is 1. The molecular formula is C10H14N2O3. The number of nitro benzene ring substituents is 1. The van der Waals surface area contributed by atoms with Crippen LogP contribution in [0, 0.1) is 10.1 Å². The maximum absolute atomic E-state index is 10.5. The van der Waals surface area contributed by atoms with Crippen molar-refractivity contribution >= 4 is 5.69 Å². The second-order valence-corrected chi connectivity index (χ2v) is 4.05. The highest BCUT2D eigenvalue weighted by molar-refractivity contribution is 5.48. The van der Waals surface area contributed by atoms with E-state index in [4.69, 9.17) is 5.73 Å². The molecule has 0 fully saturated rings. The number of hydrogen-bond acceptors (Lipinski definition) is 4. The summed E-state index contributed by atoms with van der Waals surface area (Å²) in [5.74, 6) is -0.320. The van der Waals surface area contributed by atoms with Gasteiger partial charge in [0.25, 0.3) is 0 Å². The first-order valence-corrected chi connectivity index (χ1v) is 4.56. The van der Waals surface area contributed by atoms with Crippen molar-refractivity contribution in [2.45, 2.75) is 19.3 Å². The fraction of sp³-hybridized carbons (Fsp3) is 0.400. The Morgan fingerprint density at radius 2 is 2.13 bits per heavy atom. The predicted octanol–water partition coefficient (Wildman–Crippen LogP) is 1.54. The highest BCUT2D eigenvalue weighted by Crippen LogP contribution is 2.31. The van der Waals surface area contributed by atoms with E-state index in [1.54, 1.807) is 6.07 Å². The summed E-state index contributed by atoms with van der Waals surface area (Å²) >= 11 is 0. The molecule has 0 unspecified atom stereocenters. The molecule has 3 N–H and O–H groups in total. The largest absolute Gasteiger partial charge is 0.502 e. The van der Waals surface area contributed by atoms with E-state index in [0.717, 1.165) is 5.56 Å². The molecule has 0 bridgehead atoms. The summed E-state index contributed by atoms with van der Waals surface area (Å²) in [5, 5.41) is 19.9. The van der Waals surface area contributed by atoms with Gasteiger partial charge < -0.3 is 10.8 Å². The number of phenols is 1. The van der Waals surface area contributed by atoms with Crippen LogP contribution in [0.4, 0.5) is 5.69 Å². The molecule has 5 heteroatoms. The van der Waals surface area contributed by atoms with Gasteiger partial charge in [-0.3, -0.25) is 10.1 Å². The lowest BCUT2D eigenvalue weighted by Crippen LogP contribution is -2.27. The Morgan fingerprint density at radius 1 is 1.53 bits per heavy atom. The lowest BCUT2D eigenvalue weighted by molar-refractivity contribution is -0.385. The normalized spacial score (nSPS) is 11.4. The van der Waals surface area contributed by atoms with Crippen molar-refractivity contribution in [3.63, 3.8) is 0 Å². The second-order valence-electron chi connectivity index (χ2n) is 4.05. The molecule has 0 aliphatic carbocycles. The van der Waals surface area contributed by atoms with Crippen LogP contribution < -0.4 is 5.73 Å². The van der Waals surface area contributed by atoms with Gasteiger partial charge in [-0.1, -0.05) is 19.9 Å². The van der Waals surface area contributed by atoms with Gasteiger partial charge in [-0.05, 0) is 11.6 Å². The summed E-state index contributed by atoms with van der Waals surface area (Å²) in [6.07, 6.45) is 0. The molecule has 82 valence electrons. The maximum atomic E-state index is 10.5. The minimum absolute atomic E-state index is 0.286. The van der Waals surface area contributed by atoms with Gasteiger partial charge in [-0.15, -0.1) is 0 Å². The number of nitro groups is 1. The van der Waals surface area contributed by atoms with Crippen molar-refractivity contribution in [3.05, 3.63) is 33.9 Å². The molecular weight excluding hydrogens is 196 g/mol. The van der Waals surface area contributed by atoms with Crippen molar-refractivity contribution in [1.82, 2.24) is 0 Å². The summed E-state index contributed by atoms with van der Waals surface area (Å²) in [5.41, 5.74) is 5.77. The van der Waals surface area contributed by atoms with Crippen LogP contribution in [-0.4, -0.2) is 16.6 Å². The molecule has 0 spiro atoms. The molecule has 1 aromatic rings. The van der Waals surface area contributed by atoms with Gasteiger partial charge in [0.1, 0.15) is 0 Å². The van der Waals surface area contributed by atoms with Crippen molar-refractivity contribution in [3.8, 4) is 5.75 Å². The Labute approximate surface area is 87.7 Å². The van der Waals surface area contributed by atoms with Gasteiger partial charge in [-0.2, -0.15) is 0 Å². The standard InChI is InChI=1S/C10H14N2O3/c1-10(2,6-11)7-3-4-8(12(14)15)9(13)5-7/h3-5,13H,6,11H2,1-2H3. The van der Waals surface area contributed by atoms with Crippen LogP contribution in [-0.2, 0) is 5.41 Å². The van der Waals surface area contributed by atoms with E-state index in [-0.39, 0.29) is 16.9 Å². The SMILES string of the molecule is CC(C)(CN)c1ccc([N+](=O)[O-])c(O)c1. The average molecular weight is 210 g/mol. The fourth-order valence-electron chi connectivity index (χ4n) is 1.22. The molecule has 0 saturated carbocycles. The van der Waals surface area contributed by atoms with Crippen LogP contribution in [0.3, 0.4) is 0 Å². The fourth-order valence-corrected chi connectivity index (χ4v) is 1.22. The van der Waals surface area contributed by atoms with Crippen LogP contribution in [0.25, 0.3) is 0 Å². The predicted molar refractivity (Wildman–Crippen MR) is 56.8 cm³/mol. The minimum Gasteiger partial charge on any atom is -0.502 e. The van der Waals surface area contributed by atoms with Crippen molar-refractivity contribution in [1.29, 1.82) is 0 Å². The number of rotatable bonds is 3. The molecule has 1 aromatic carbocycles. The second kappa shape index (κ2) is 3.86. The Morgan fingerprint density at radius 3 is 2.53 bits per heavy atom. The molecule has 15 heavy (non-hydrogen) atoms. The van der Waals surface area contributed by atoms with Gasteiger partial charge >= 0.3 is 5.69 Å². The zero-order valence-electron chi connectivity index (χ0n) is 8.73. The highest BCUT2D eigenvalue weighted by Gasteiger charge is 2.22. The molecule has 1 rings (SSSR count). The molecule has 0 saturated heterocycles. The first-order chi connectivity index (χ1) is 6.88. The summed E-state index contributed by atoms with van der Waals surface area (Å²) in [6.45, 7) is 4.23. The number of nitrogens with two attached hydrogens (primary N) is 1. The zero-order valence-corrected chi connectivity index (χ0v) is 8.73. The van der Waals surface area contributed by atoms with Crippen LogP contribution in [0.15, 0.2) is 18.2 Å². The summed E-state index contributed by atoms with van der Waals surface area (Å²) in [4.78, 5) is 9.86. The van der Waals surface area contributed by atoms with E-state index in [2.05, 4.69) is 0 Å². The third-order valence-corrected chi connectivity index (χ3v) is 2.46. The molecule has 0 amide bonds. The first kappa shape index (κ1) is 11.5. The number of benzene rings is 1. The van der Waals surface area contributed by atoms with Crippen LogP contribution in [0.1, 0.15) is 19.4 Å². The smallest absolute Gasteiger partial charge is 0.310 e. The monoisotopic (exact) mass is 210 g/mol. The Balaban J connectivity index is 3.18. The van der Waals surface area contributed by atoms with Crippen molar-refractivity contribution in [2.75, 3.05) is 6.54 Å². The quantitative estimate of drug-likeness (QED) is 0.584. The zero-order chi connectivity index (χ0) is 11.6. The van der Waals surface area contributed by atoms with Gasteiger partial charge in [0.2, 0.25) is 0 Å². The lowest BCUT2D eigenvalue weighted by atomic mass is 9.84. The maximum Gasteiger partial charge on any atom is 0.310 e. The number of nitrogens with zero attached hydrogens (tertiary/aromatic N) is 1. The van der Waals surface area contributed by atoms with E-state index in [0.29, 0.717) is 6.54 Å². The van der Waals surface area contributed by atoms with E-state index in [1.165, 1.54) is 12.1 Å². The Hall–Kier alpha value is -1.62. The molecule has 0 aliphatic heterocycles. The number of aromatic hydroxyl groups is 1. The van der Waals surface area contributed by atoms with Crippen molar-refractivity contribution < 1.29 is 10.0 Å². The summed E-state index contributed by atoms with van der Waals surface area (Å²) in [6, 6.07) is 4.30. The molecule has 0 aromatic heterocycles. The van der Waals surface area contributed by atoms with Crippen molar-refractivity contribution in [2.24, 2.45) is 5.73 Å². The van der Waals surface area contributed by atoms with Crippen LogP contribution >= 0.6 is 0 Å². The van der Waals surface area contributed by atoms with Crippen LogP contribution in [0.5, 0.6) is 5.75 Å². The molecule has 0 aliphatic rings. The van der Waals surface area contributed by atoms with Gasteiger partial charge in [0.15, 0.2) is 5.75 Å². The highest BCUT2D eigenvalue weighted by atomic mass is 16.6. The van der Waals surface area contributed by atoms with Gasteiger partial charge in [-0.25, -0.2) is 0 Å². The lowest BCUT2D eigenvalue weighted by Gasteiger charge is -2.22. The third-order valence-electron chi connectivity index (χ3n) is 2.46. The van der Waals surface area contributed by atoms with E-state index in [9.17, 15) is 15.2 Å². The summed E-state index contributed by atoms with van der Waals surface area (Å²) < 4.78 is 0. The molecule has 0 radical (unpaired) electrons. The minimum atomic E-state index is -0.617. The van der Waals surface area contributed by atoms with E-state index in [1.807, 2.05) is 13.8 Å². The molecule has 0 atom stereocenters. The molecule has 5 nitrogen and oxygen atoms in total. The Kier molecular flexibility index (Phi) is 2.95. The van der Waals surface area contributed by atoms with Crippen LogP contribution in [0.2, 0.25) is 0 Å². The number of hydrogen-bond donors (Lipinski definition) is 2. The molecule has 0 heterocycles. The Bertz CT molecular complexity index is 388. The average Bonchev–Trinajstić information content (AvgIpc) is 2.17. The van der Waals surface area contributed by atoms with E-state index < -0.39 is 4.92 Å². The topological polar surface area (TPSA) is 89.4 Å². The van der Waals surface area contributed by atoms with Gasteiger partial charge in [0, 0.05) is 18.0 Å².